The average Bonchev–Trinajstić information content (AvgIpc) is 3.78. The van der Waals surface area contributed by atoms with Crippen molar-refractivity contribution in [2.75, 3.05) is 27.1 Å². The molecular weight excluding hydrogens is 666 g/mol. The number of ether oxygens (including phenoxy) is 3. The quantitative estimate of drug-likeness (QED) is 0.158. The maximum Gasteiger partial charge on any atom is 0.254 e. The fourth-order valence-electron chi connectivity index (χ4n) is 5.56. The van der Waals surface area contributed by atoms with Crippen LogP contribution in [0.5, 0.6) is 17.2 Å². The van der Waals surface area contributed by atoms with Crippen LogP contribution in [0, 0.1) is 11.6 Å². The Bertz CT molecular complexity index is 2040. The van der Waals surface area contributed by atoms with Crippen molar-refractivity contribution in [2.24, 2.45) is 5.10 Å². The van der Waals surface area contributed by atoms with Crippen LogP contribution in [0.1, 0.15) is 39.8 Å². The van der Waals surface area contributed by atoms with E-state index in [1.165, 1.54) is 47.5 Å². The Morgan fingerprint density at radius 3 is 2.34 bits per heavy atom. The van der Waals surface area contributed by atoms with Crippen LogP contribution in [0.15, 0.2) is 101 Å². The van der Waals surface area contributed by atoms with Crippen molar-refractivity contribution in [2.45, 2.75) is 24.2 Å². The summed E-state index contributed by atoms with van der Waals surface area (Å²) in [4.78, 5) is 26.8. The molecule has 256 valence electrons. The van der Waals surface area contributed by atoms with Crippen molar-refractivity contribution in [1.82, 2.24) is 25.1 Å². The van der Waals surface area contributed by atoms with E-state index >= 15 is 0 Å². The van der Waals surface area contributed by atoms with Gasteiger partial charge in [-0.3, -0.25) is 14.2 Å². The van der Waals surface area contributed by atoms with Gasteiger partial charge in [-0.2, -0.15) is 5.10 Å². The number of nitrogens with zero attached hydrogens (tertiary/aromatic N) is 5. The van der Waals surface area contributed by atoms with Gasteiger partial charge in [-0.25, -0.2) is 13.8 Å². The summed E-state index contributed by atoms with van der Waals surface area (Å²) in [5.74, 6) is -0.167. The first-order valence-electron chi connectivity index (χ1n) is 15.4. The largest absolute Gasteiger partial charge is 0.497 e. The fourth-order valence-corrected chi connectivity index (χ4v) is 6.39. The number of carbonyl (C=O) groups is 2. The molecule has 4 aromatic carbocycles. The highest BCUT2D eigenvalue weighted by molar-refractivity contribution is 7.99. The monoisotopic (exact) mass is 698 g/mol. The van der Waals surface area contributed by atoms with E-state index in [0.29, 0.717) is 40.2 Å². The van der Waals surface area contributed by atoms with Crippen molar-refractivity contribution >= 4 is 29.3 Å². The van der Waals surface area contributed by atoms with E-state index < -0.39 is 23.6 Å². The van der Waals surface area contributed by atoms with E-state index in [4.69, 9.17) is 19.3 Å². The SMILES string of the molecule is COc1ccc(C2=NN(C(=O)CSc3nnc(CNC(=O)c4ccccc4F)n3-c3ccc(F)cc3)[C@@H](c3cccc(OC)c3OC)C2)cc1. The lowest BCUT2D eigenvalue weighted by atomic mass is 9.97. The minimum Gasteiger partial charge on any atom is -0.497 e. The number of amides is 2. The van der Waals surface area contributed by atoms with Gasteiger partial charge in [-0.05, 0) is 72.3 Å². The lowest BCUT2D eigenvalue weighted by molar-refractivity contribution is -0.130. The number of para-hydroxylation sites is 1. The molecule has 0 unspecified atom stereocenters. The Morgan fingerprint density at radius 1 is 0.880 bits per heavy atom. The third kappa shape index (κ3) is 7.15. The first-order valence-corrected chi connectivity index (χ1v) is 16.4. The molecule has 50 heavy (non-hydrogen) atoms. The molecule has 0 fully saturated rings. The van der Waals surface area contributed by atoms with Crippen LogP contribution >= 0.6 is 11.8 Å². The number of hydrazone groups is 1. The zero-order valence-electron chi connectivity index (χ0n) is 27.3. The molecule has 11 nitrogen and oxygen atoms in total. The standard InChI is InChI=1S/C36H32F2N6O5S/c1-47-25-17-11-22(12-18-25)29-19-30(27-8-6-10-31(48-2)34(27)49-3)44(42-29)33(45)21-50-36-41-40-32(43(36)24-15-13-23(37)14-16-24)20-39-35(46)26-7-4-5-9-28(26)38/h4-18,30H,19-21H2,1-3H3,(H,39,46)/t30-/m1/s1. The van der Waals surface area contributed by atoms with E-state index in [1.807, 2.05) is 36.4 Å². The Balaban J connectivity index is 1.28. The number of aromatic nitrogens is 3. The molecule has 2 heterocycles. The fraction of sp³-hybridized carbons (Fsp3) is 0.194. The highest BCUT2D eigenvalue weighted by Crippen LogP contribution is 2.42. The van der Waals surface area contributed by atoms with Crippen molar-refractivity contribution < 1.29 is 32.6 Å². The number of halogens is 2. The van der Waals surface area contributed by atoms with Crippen LogP contribution in [0.2, 0.25) is 0 Å². The summed E-state index contributed by atoms with van der Waals surface area (Å²) in [5.41, 5.74) is 2.63. The minimum atomic E-state index is -0.663. The maximum absolute atomic E-state index is 14.2. The normalized spacial score (nSPS) is 13.9. The Labute approximate surface area is 290 Å². The molecule has 0 aliphatic carbocycles. The first-order chi connectivity index (χ1) is 24.3. The van der Waals surface area contributed by atoms with Gasteiger partial charge in [0.25, 0.3) is 11.8 Å². The van der Waals surface area contributed by atoms with Crippen LogP contribution in [-0.4, -0.2) is 64.4 Å². The number of hydrogen-bond acceptors (Lipinski definition) is 9. The number of methoxy groups -OCH3 is 3. The Morgan fingerprint density at radius 2 is 1.64 bits per heavy atom. The van der Waals surface area contributed by atoms with Gasteiger partial charge in [0.15, 0.2) is 22.5 Å². The molecule has 0 radical (unpaired) electrons. The molecule has 5 aromatic rings. The first kappa shape index (κ1) is 34.1. The summed E-state index contributed by atoms with van der Waals surface area (Å²) < 4.78 is 46.3. The molecule has 1 aliphatic rings. The summed E-state index contributed by atoms with van der Waals surface area (Å²) in [7, 11) is 4.68. The number of thioether (sulfide) groups is 1. The lowest BCUT2D eigenvalue weighted by Gasteiger charge is -2.24. The smallest absolute Gasteiger partial charge is 0.254 e. The number of carbonyl (C=O) groups excluding carboxylic acids is 2. The third-order valence-electron chi connectivity index (χ3n) is 8.02. The van der Waals surface area contributed by atoms with Gasteiger partial charge >= 0.3 is 0 Å². The molecule has 0 bridgehead atoms. The Hall–Kier alpha value is -5.76. The molecule has 0 saturated carbocycles. The predicted molar refractivity (Wildman–Crippen MR) is 183 cm³/mol. The highest BCUT2D eigenvalue weighted by Gasteiger charge is 2.36. The topological polar surface area (TPSA) is 120 Å². The minimum absolute atomic E-state index is 0.0942. The van der Waals surface area contributed by atoms with Crippen molar-refractivity contribution in [3.8, 4) is 22.9 Å². The van der Waals surface area contributed by atoms with E-state index in [-0.39, 0.29) is 29.6 Å². The van der Waals surface area contributed by atoms with Gasteiger partial charge in [0, 0.05) is 17.7 Å². The summed E-state index contributed by atoms with van der Waals surface area (Å²) in [6.45, 7) is -0.120. The Kier molecular flexibility index (Phi) is 10.4. The van der Waals surface area contributed by atoms with Crippen LogP contribution < -0.4 is 19.5 Å². The predicted octanol–water partition coefficient (Wildman–Crippen LogP) is 5.97. The van der Waals surface area contributed by atoms with Crippen LogP contribution in [0.25, 0.3) is 5.69 Å². The molecule has 1 aromatic heterocycles. The van der Waals surface area contributed by atoms with Crippen molar-refractivity contribution in [3.05, 3.63) is 125 Å². The van der Waals surface area contributed by atoms with Gasteiger partial charge in [0.1, 0.15) is 17.4 Å². The molecule has 0 spiro atoms. The van der Waals surface area contributed by atoms with Crippen LogP contribution in [0.3, 0.4) is 0 Å². The number of hydrogen-bond donors (Lipinski definition) is 1. The van der Waals surface area contributed by atoms with Gasteiger partial charge in [-0.1, -0.05) is 36.0 Å². The lowest BCUT2D eigenvalue weighted by Crippen LogP contribution is -2.29. The highest BCUT2D eigenvalue weighted by atomic mass is 32.2. The second-order valence-corrected chi connectivity index (χ2v) is 11.9. The van der Waals surface area contributed by atoms with Crippen molar-refractivity contribution in [3.63, 3.8) is 0 Å². The second-order valence-electron chi connectivity index (χ2n) is 11.0. The number of rotatable bonds is 12. The third-order valence-corrected chi connectivity index (χ3v) is 8.93. The molecule has 1 N–H and O–H groups in total. The number of nitrogens with one attached hydrogen (secondary N) is 1. The van der Waals surface area contributed by atoms with Crippen LogP contribution in [-0.2, 0) is 11.3 Å². The molecule has 14 heteroatoms. The molecule has 6 rings (SSSR count). The van der Waals surface area contributed by atoms with E-state index in [2.05, 4.69) is 15.5 Å². The molecule has 1 atom stereocenters. The molecule has 0 saturated heterocycles. The van der Waals surface area contributed by atoms with Gasteiger partial charge in [-0.15, -0.1) is 10.2 Å². The number of benzene rings is 4. The van der Waals surface area contributed by atoms with E-state index in [0.717, 1.165) is 22.9 Å². The maximum atomic E-state index is 14.2. The molecular formula is C36H32F2N6O5S. The zero-order valence-corrected chi connectivity index (χ0v) is 28.1. The van der Waals surface area contributed by atoms with Crippen molar-refractivity contribution in [1.29, 1.82) is 0 Å². The molecule has 2 amide bonds. The van der Waals surface area contributed by atoms with Gasteiger partial charge in [0.2, 0.25) is 0 Å². The van der Waals surface area contributed by atoms with Gasteiger partial charge in [0.05, 0.1) is 50.9 Å². The summed E-state index contributed by atoms with van der Waals surface area (Å²) in [6.07, 6.45) is 0.407. The average molecular weight is 699 g/mol. The van der Waals surface area contributed by atoms with Crippen LogP contribution in [0.4, 0.5) is 8.78 Å². The molecule has 1 aliphatic heterocycles. The van der Waals surface area contributed by atoms with Gasteiger partial charge < -0.3 is 19.5 Å². The zero-order chi connectivity index (χ0) is 35.2. The summed E-state index contributed by atoms with van der Waals surface area (Å²) in [6, 6.07) is 23.7. The van der Waals surface area contributed by atoms with E-state index in [9.17, 15) is 18.4 Å². The summed E-state index contributed by atoms with van der Waals surface area (Å²) >= 11 is 1.10. The second kappa shape index (κ2) is 15.2. The van der Waals surface area contributed by atoms with E-state index in [1.54, 1.807) is 38.0 Å². The summed E-state index contributed by atoms with van der Waals surface area (Å²) in [5, 5.41) is 17.7.